The van der Waals surface area contributed by atoms with Crippen molar-refractivity contribution >= 4 is 23.6 Å². The molecule has 7 nitrogen and oxygen atoms in total. The summed E-state index contributed by atoms with van der Waals surface area (Å²) in [5.74, 6) is -1.09. The Labute approximate surface area is 209 Å². The molecule has 0 spiro atoms. The van der Waals surface area contributed by atoms with Gasteiger partial charge in [0, 0.05) is 17.3 Å². The second-order valence-corrected chi connectivity index (χ2v) is 8.76. The number of nitrogens with zero attached hydrogens (tertiary/aromatic N) is 1. The third-order valence-corrected chi connectivity index (χ3v) is 6.15. The van der Waals surface area contributed by atoms with Crippen molar-refractivity contribution in [3.63, 3.8) is 0 Å². The first-order valence-electron chi connectivity index (χ1n) is 11.8. The SMILES string of the molecule is CCC(C)NC(=O)C1C(c2ccc(NC(=O)c3ccc(F)cc3)cc2)OC(=O)N1Cc1ccccc1. The van der Waals surface area contributed by atoms with E-state index in [4.69, 9.17) is 4.74 Å². The van der Waals surface area contributed by atoms with Gasteiger partial charge in [0.25, 0.3) is 5.91 Å². The van der Waals surface area contributed by atoms with E-state index in [0.717, 1.165) is 12.0 Å². The number of anilines is 1. The van der Waals surface area contributed by atoms with Crippen molar-refractivity contribution in [2.45, 2.75) is 45.0 Å². The van der Waals surface area contributed by atoms with E-state index in [1.807, 2.05) is 44.2 Å². The normalized spacial score (nSPS) is 17.9. The Hall–Kier alpha value is -4.20. The Bertz CT molecular complexity index is 1220. The van der Waals surface area contributed by atoms with Gasteiger partial charge < -0.3 is 15.4 Å². The molecule has 2 N–H and O–H groups in total. The molecule has 1 saturated heterocycles. The first kappa shape index (κ1) is 24.9. The molecule has 0 aromatic heterocycles. The maximum absolute atomic E-state index is 13.3. The summed E-state index contributed by atoms with van der Waals surface area (Å²) >= 11 is 0. The van der Waals surface area contributed by atoms with E-state index in [1.54, 1.807) is 24.3 Å². The fraction of sp³-hybridized carbons (Fsp3) is 0.250. The van der Waals surface area contributed by atoms with E-state index < -0.39 is 24.1 Å². The predicted molar refractivity (Wildman–Crippen MR) is 134 cm³/mol. The summed E-state index contributed by atoms with van der Waals surface area (Å²) in [6.07, 6.45) is -0.632. The third-order valence-electron chi connectivity index (χ3n) is 6.15. The minimum absolute atomic E-state index is 0.0588. The predicted octanol–water partition coefficient (Wildman–Crippen LogP) is 5.05. The first-order chi connectivity index (χ1) is 17.4. The van der Waals surface area contributed by atoms with E-state index in [9.17, 15) is 18.8 Å². The standard InChI is InChI=1S/C28H28FN3O4/c1-3-18(2)30-27(34)24-25(36-28(35)32(24)17-19-7-5-4-6-8-19)20-11-15-23(16-12-20)31-26(33)21-9-13-22(29)14-10-21/h4-16,18,24-25H,3,17H2,1-2H3,(H,30,34)(H,31,33). The lowest BCUT2D eigenvalue weighted by atomic mass is 10.00. The molecule has 186 valence electrons. The van der Waals surface area contributed by atoms with Gasteiger partial charge in [0.15, 0.2) is 12.1 Å². The van der Waals surface area contributed by atoms with E-state index in [-0.39, 0.29) is 24.4 Å². The smallest absolute Gasteiger partial charge is 0.411 e. The number of rotatable bonds is 8. The second kappa shape index (κ2) is 11.0. The molecular weight excluding hydrogens is 461 g/mol. The average molecular weight is 490 g/mol. The highest BCUT2D eigenvalue weighted by Crippen LogP contribution is 2.34. The van der Waals surface area contributed by atoms with Crippen molar-refractivity contribution in [3.05, 3.63) is 101 Å². The van der Waals surface area contributed by atoms with E-state index in [2.05, 4.69) is 10.6 Å². The van der Waals surface area contributed by atoms with Crippen LogP contribution in [0, 0.1) is 5.82 Å². The summed E-state index contributed by atoms with van der Waals surface area (Å²) in [5, 5.41) is 5.73. The van der Waals surface area contributed by atoms with Crippen LogP contribution >= 0.6 is 0 Å². The van der Waals surface area contributed by atoms with Crippen LogP contribution in [0.25, 0.3) is 0 Å². The number of carbonyl (C=O) groups excluding carboxylic acids is 3. The Morgan fingerprint density at radius 3 is 2.31 bits per heavy atom. The summed E-state index contributed by atoms with van der Waals surface area (Å²) in [6, 6.07) is 20.5. The number of hydrogen-bond donors (Lipinski definition) is 2. The molecule has 1 aliphatic rings. The minimum atomic E-state index is -0.855. The number of ether oxygens (including phenoxy) is 1. The first-order valence-corrected chi connectivity index (χ1v) is 11.8. The van der Waals surface area contributed by atoms with E-state index >= 15 is 0 Å². The monoisotopic (exact) mass is 489 g/mol. The summed E-state index contributed by atoms with van der Waals surface area (Å²) < 4.78 is 18.8. The van der Waals surface area contributed by atoms with Crippen molar-refractivity contribution in [2.24, 2.45) is 0 Å². The summed E-state index contributed by atoms with van der Waals surface area (Å²) in [4.78, 5) is 40.0. The van der Waals surface area contributed by atoms with Crippen LogP contribution in [0.3, 0.4) is 0 Å². The highest BCUT2D eigenvalue weighted by Gasteiger charge is 2.47. The van der Waals surface area contributed by atoms with Crippen LogP contribution in [-0.2, 0) is 16.1 Å². The van der Waals surface area contributed by atoms with Gasteiger partial charge in [-0.1, -0.05) is 49.4 Å². The topological polar surface area (TPSA) is 87.7 Å². The number of hydrogen-bond acceptors (Lipinski definition) is 4. The van der Waals surface area contributed by atoms with Crippen molar-refractivity contribution in [3.8, 4) is 0 Å². The second-order valence-electron chi connectivity index (χ2n) is 8.76. The van der Waals surface area contributed by atoms with Gasteiger partial charge in [-0.3, -0.25) is 14.5 Å². The molecule has 0 bridgehead atoms. The fourth-order valence-electron chi connectivity index (χ4n) is 3.98. The maximum Gasteiger partial charge on any atom is 0.411 e. The van der Waals surface area contributed by atoms with Crippen LogP contribution in [0.4, 0.5) is 14.9 Å². The van der Waals surface area contributed by atoms with Gasteiger partial charge in [0.2, 0.25) is 5.91 Å². The number of halogens is 1. The average Bonchev–Trinajstić information content (AvgIpc) is 3.21. The lowest BCUT2D eigenvalue weighted by molar-refractivity contribution is -0.127. The minimum Gasteiger partial charge on any atom is -0.438 e. The fourth-order valence-corrected chi connectivity index (χ4v) is 3.98. The van der Waals surface area contributed by atoms with Gasteiger partial charge in [-0.15, -0.1) is 0 Å². The van der Waals surface area contributed by atoms with Gasteiger partial charge in [-0.05, 0) is 60.9 Å². The van der Waals surface area contributed by atoms with Crippen molar-refractivity contribution in [1.29, 1.82) is 0 Å². The Balaban J connectivity index is 1.54. The largest absolute Gasteiger partial charge is 0.438 e. The molecule has 0 saturated carbocycles. The Morgan fingerprint density at radius 2 is 1.67 bits per heavy atom. The molecule has 3 aromatic carbocycles. The molecule has 3 aromatic rings. The van der Waals surface area contributed by atoms with Gasteiger partial charge in [-0.25, -0.2) is 9.18 Å². The van der Waals surface area contributed by atoms with Crippen molar-refractivity contribution in [1.82, 2.24) is 10.2 Å². The molecule has 1 fully saturated rings. The molecule has 36 heavy (non-hydrogen) atoms. The van der Waals surface area contributed by atoms with E-state index in [0.29, 0.717) is 16.8 Å². The lowest BCUT2D eigenvalue weighted by Gasteiger charge is -2.25. The molecule has 1 heterocycles. The molecule has 8 heteroatoms. The number of nitrogens with one attached hydrogen (secondary N) is 2. The zero-order chi connectivity index (χ0) is 25.7. The summed E-state index contributed by atoms with van der Waals surface area (Å²) in [7, 11) is 0. The van der Waals surface area contributed by atoms with Gasteiger partial charge >= 0.3 is 6.09 Å². The van der Waals surface area contributed by atoms with Crippen molar-refractivity contribution in [2.75, 3.05) is 5.32 Å². The number of amides is 3. The molecule has 0 radical (unpaired) electrons. The highest BCUT2D eigenvalue weighted by molar-refractivity contribution is 6.04. The molecule has 3 atom stereocenters. The van der Waals surface area contributed by atoms with Gasteiger partial charge in [0.05, 0.1) is 6.54 Å². The molecule has 3 unspecified atom stereocenters. The van der Waals surface area contributed by atoms with E-state index in [1.165, 1.54) is 29.2 Å². The number of benzene rings is 3. The van der Waals surface area contributed by atoms with Crippen LogP contribution in [0.5, 0.6) is 0 Å². The molecule has 1 aliphatic heterocycles. The highest BCUT2D eigenvalue weighted by atomic mass is 19.1. The Morgan fingerprint density at radius 1 is 1.00 bits per heavy atom. The molecule has 4 rings (SSSR count). The number of cyclic esters (lactones) is 1. The van der Waals surface area contributed by atoms with Crippen molar-refractivity contribution < 1.29 is 23.5 Å². The van der Waals surface area contributed by atoms with Crippen LogP contribution in [0.1, 0.15) is 47.9 Å². The number of carbonyl (C=O) groups is 3. The quantitative estimate of drug-likeness (QED) is 0.463. The van der Waals surface area contributed by atoms with Gasteiger partial charge in [0.1, 0.15) is 5.82 Å². The summed E-state index contributed by atoms with van der Waals surface area (Å²) in [6.45, 7) is 4.12. The van der Waals surface area contributed by atoms with Crippen LogP contribution in [0.15, 0.2) is 78.9 Å². The zero-order valence-corrected chi connectivity index (χ0v) is 20.1. The van der Waals surface area contributed by atoms with Crippen LogP contribution in [-0.4, -0.2) is 34.9 Å². The molecule has 3 amide bonds. The Kier molecular flexibility index (Phi) is 7.63. The zero-order valence-electron chi connectivity index (χ0n) is 20.1. The van der Waals surface area contributed by atoms with Crippen LogP contribution in [0.2, 0.25) is 0 Å². The lowest BCUT2D eigenvalue weighted by Crippen LogP contribution is -2.48. The van der Waals surface area contributed by atoms with Gasteiger partial charge in [-0.2, -0.15) is 0 Å². The third kappa shape index (κ3) is 5.71. The summed E-state index contributed by atoms with van der Waals surface area (Å²) in [5.41, 5.74) is 2.35. The molecular formula is C28H28FN3O4. The molecule has 0 aliphatic carbocycles. The van der Waals surface area contributed by atoms with Crippen LogP contribution < -0.4 is 10.6 Å². The maximum atomic E-state index is 13.3.